The molecule has 0 aliphatic carbocycles. The molecule has 0 bridgehead atoms. The van der Waals surface area contributed by atoms with Crippen molar-refractivity contribution in [1.82, 2.24) is 0 Å². The maximum absolute atomic E-state index is 5.97. The summed E-state index contributed by atoms with van der Waals surface area (Å²) in [7, 11) is 0. The minimum absolute atomic E-state index is 0.550. The average molecular weight is 299 g/mol. The number of hydrogen-bond acceptors (Lipinski definition) is 3. The van der Waals surface area contributed by atoms with Crippen LogP contribution in [0.5, 0.6) is 11.5 Å². The van der Waals surface area contributed by atoms with Crippen LogP contribution in [0.4, 0.5) is 0 Å². The molecule has 0 aliphatic heterocycles. The third kappa shape index (κ3) is 4.50. The molecular weight excluding hydrogens is 274 g/mol. The van der Waals surface area contributed by atoms with Crippen molar-refractivity contribution in [3.8, 4) is 11.5 Å². The number of benzene rings is 2. The van der Waals surface area contributed by atoms with Crippen molar-refractivity contribution in [3.05, 3.63) is 59.2 Å². The molecule has 0 heterocycles. The first-order chi connectivity index (χ1) is 10.7. The highest BCUT2D eigenvalue weighted by Crippen LogP contribution is 2.30. The molecule has 0 saturated carbocycles. The third-order valence-electron chi connectivity index (χ3n) is 3.62. The molecule has 0 saturated heterocycles. The normalized spacial score (nSPS) is 10.5. The van der Waals surface area contributed by atoms with E-state index in [1.807, 2.05) is 25.1 Å². The highest BCUT2D eigenvalue weighted by molar-refractivity contribution is 5.43. The van der Waals surface area contributed by atoms with E-state index in [1.165, 1.54) is 16.7 Å². The van der Waals surface area contributed by atoms with E-state index in [0.29, 0.717) is 19.8 Å². The van der Waals surface area contributed by atoms with Gasteiger partial charge in [0, 0.05) is 0 Å². The first-order valence-corrected chi connectivity index (χ1v) is 7.87. The molecule has 0 unspecified atom stereocenters. The lowest BCUT2D eigenvalue weighted by atomic mass is 10.1. The largest absolute Gasteiger partial charge is 0.490 e. The van der Waals surface area contributed by atoms with Gasteiger partial charge in [0.1, 0.15) is 6.61 Å². The SMILES string of the molecule is CCOc1cc(CCCN)ccc1OCc1ccccc1C. The first-order valence-electron chi connectivity index (χ1n) is 7.87. The van der Waals surface area contributed by atoms with Gasteiger partial charge in [-0.2, -0.15) is 0 Å². The monoisotopic (exact) mass is 299 g/mol. The molecule has 0 fully saturated rings. The standard InChI is InChI=1S/C19H25NO2/c1-3-21-19-13-16(8-6-12-20)10-11-18(19)22-14-17-9-5-4-7-15(17)2/h4-5,7,9-11,13H,3,6,8,12,14,20H2,1-2H3. The van der Waals surface area contributed by atoms with Gasteiger partial charge in [-0.25, -0.2) is 0 Å². The van der Waals surface area contributed by atoms with Gasteiger partial charge in [-0.15, -0.1) is 0 Å². The summed E-state index contributed by atoms with van der Waals surface area (Å²) < 4.78 is 11.7. The Bertz CT molecular complexity index is 596. The fourth-order valence-corrected chi connectivity index (χ4v) is 2.33. The molecule has 0 aromatic heterocycles. The van der Waals surface area contributed by atoms with Crippen LogP contribution in [-0.4, -0.2) is 13.2 Å². The van der Waals surface area contributed by atoms with Gasteiger partial charge < -0.3 is 15.2 Å². The van der Waals surface area contributed by atoms with Crippen molar-refractivity contribution in [3.63, 3.8) is 0 Å². The molecule has 2 aromatic rings. The first kappa shape index (κ1) is 16.4. The van der Waals surface area contributed by atoms with E-state index in [0.717, 1.165) is 24.3 Å². The Hall–Kier alpha value is -2.00. The molecule has 0 aliphatic rings. The second-order valence-electron chi connectivity index (χ2n) is 5.32. The zero-order chi connectivity index (χ0) is 15.8. The van der Waals surface area contributed by atoms with Gasteiger partial charge in [0.15, 0.2) is 11.5 Å². The fourth-order valence-electron chi connectivity index (χ4n) is 2.33. The molecule has 0 radical (unpaired) electrons. The molecule has 3 heteroatoms. The number of rotatable bonds is 8. The highest BCUT2D eigenvalue weighted by Gasteiger charge is 2.07. The summed E-state index contributed by atoms with van der Waals surface area (Å²) >= 11 is 0. The molecule has 2 N–H and O–H groups in total. The van der Waals surface area contributed by atoms with E-state index in [2.05, 4.69) is 31.2 Å². The van der Waals surface area contributed by atoms with Gasteiger partial charge in [0.25, 0.3) is 0 Å². The minimum atomic E-state index is 0.550. The van der Waals surface area contributed by atoms with Crippen LogP contribution in [0.2, 0.25) is 0 Å². The van der Waals surface area contributed by atoms with E-state index in [1.54, 1.807) is 0 Å². The Morgan fingerprint density at radius 3 is 2.55 bits per heavy atom. The lowest BCUT2D eigenvalue weighted by Gasteiger charge is -2.14. The second-order valence-corrected chi connectivity index (χ2v) is 5.32. The van der Waals surface area contributed by atoms with Crippen LogP contribution in [-0.2, 0) is 13.0 Å². The maximum atomic E-state index is 5.97. The van der Waals surface area contributed by atoms with Gasteiger partial charge >= 0.3 is 0 Å². The predicted molar refractivity (Wildman–Crippen MR) is 90.5 cm³/mol. The molecule has 22 heavy (non-hydrogen) atoms. The Labute approximate surface area is 133 Å². The highest BCUT2D eigenvalue weighted by atomic mass is 16.5. The van der Waals surface area contributed by atoms with Crippen molar-refractivity contribution < 1.29 is 9.47 Å². The summed E-state index contributed by atoms with van der Waals surface area (Å²) in [5.74, 6) is 1.60. The summed E-state index contributed by atoms with van der Waals surface area (Å²) in [6.45, 7) is 5.96. The van der Waals surface area contributed by atoms with Crippen LogP contribution in [0, 0.1) is 6.92 Å². The predicted octanol–water partition coefficient (Wildman–Crippen LogP) is 3.86. The van der Waals surface area contributed by atoms with Crippen molar-refractivity contribution >= 4 is 0 Å². The average Bonchev–Trinajstić information content (AvgIpc) is 2.53. The van der Waals surface area contributed by atoms with E-state index in [9.17, 15) is 0 Å². The van der Waals surface area contributed by atoms with E-state index in [4.69, 9.17) is 15.2 Å². The van der Waals surface area contributed by atoms with Crippen LogP contribution >= 0.6 is 0 Å². The Kier molecular flexibility index (Phi) is 6.28. The van der Waals surface area contributed by atoms with Gasteiger partial charge in [-0.1, -0.05) is 30.3 Å². The van der Waals surface area contributed by atoms with E-state index < -0.39 is 0 Å². The summed E-state index contributed by atoms with van der Waals surface area (Å²) in [5, 5.41) is 0. The number of hydrogen-bond donors (Lipinski definition) is 1. The summed E-state index contributed by atoms with van der Waals surface area (Å²) in [4.78, 5) is 0. The van der Waals surface area contributed by atoms with Crippen molar-refractivity contribution in [2.75, 3.05) is 13.2 Å². The molecule has 2 aromatic carbocycles. The van der Waals surface area contributed by atoms with Crippen molar-refractivity contribution in [2.45, 2.75) is 33.3 Å². The second kappa shape index (κ2) is 8.44. The number of ether oxygens (including phenoxy) is 2. The molecule has 118 valence electrons. The topological polar surface area (TPSA) is 44.5 Å². The van der Waals surface area contributed by atoms with Crippen LogP contribution in [0.3, 0.4) is 0 Å². The minimum Gasteiger partial charge on any atom is -0.490 e. The van der Waals surface area contributed by atoms with Crippen LogP contribution in [0.15, 0.2) is 42.5 Å². The summed E-state index contributed by atoms with van der Waals surface area (Å²) in [5.41, 5.74) is 9.23. The Balaban J connectivity index is 2.10. The van der Waals surface area contributed by atoms with Crippen molar-refractivity contribution in [2.24, 2.45) is 5.73 Å². The lowest BCUT2D eigenvalue weighted by Crippen LogP contribution is -2.03. The van der Waals surface area contributed by atoms with Crippen LogP contribution in [0.25, 0.3) is 0 Å². The fraction of sp³-hybridized carbons (Fsp3) is 0.368. The number of nitrogens with two attached hydrogens (primary N) is 1. The van der Waals surface area contributed by atoms with Gasteiger partial charge in [-0.05, 0) is 62.1 Å². The summed E-state index contributed by atoms with van der Waals surface area (Å²) in [6, 6.07) is 14.4. The van der Waals surface area contributed by atoms with Gasteiger partial charge in [-0.3, -0.25) is 0 Å². The molecule has 0 atom stereocenters. The Morgan fingerprint density at radius 1 is 1.00 bits per heavy atom. The quantitative estimate of drug-likeness (QED) is 0.805. The van der Waals surface area contributed by atoms with E-state index >= 15 is 0 Å². The smallest absolute Gasteiger partial charge is 0.161 e. The summed E-state index contributed by atoms with van der Waals surface area (Å²) in [6.07, 6.45) is 1.95. The molecular formula is C19H25NO2. The third-order valence-corrected chi connectivity index (χ3v) is 3.62. The van der Waals surface area contributed by atoms with Crippen molar-refractivity contribution in [1.29, 1.82) is 0 Å². The molecule has 2 rings (SSSR count). The maximum Gasteiger partial charge on any atom is 0.161 e. The van der Waals surface area contributed by atoms with Gasteiger partial charge in [0.2, 0.25) is 0 Å². The molecule has 3 nitrogen and oxygen atoms in total. The van der Waals surface area contributed by atoms with Crippen LogP contribution < -0.4 is 15.2 Å². The van der Waals surface area contributed by atoms with E-state index in [-0.39, 0.29) is 0 Å². The Morgan fingerprint density at radius 2 is 1.82 bits per heavy atom. The lowest BCUT2D eigenvalue weighted by molar-refractivity contribution is 0.268. The molecule has 0 spiro atoms. The number of aryl methyl sites for hydroxylation is 2. The van der Waals surface area contributed by atoms with Crippen LogP contribution in [0.1, 0.15) is 30.0 Å². The van der Waals surface area contributed by atoms with Gasteiger partial charge in [0.05, 0.1) is 6.61 Å². The zero-order valence-electron chi connectivity index (χ0n) is 13.5. The zero-order valence-corrected chi connectivity index (χ0v) is 13.5. The molecule has 0 amide bonds.